The molecule has 2 aromatic carbocycles. The highest BCUT2D eigenvalue weighted by molar-refractivity contribution is 5.97. The van der Waals surface area contributed by atoms with E-state index >= 15 is 0 Å². The van der Waals surface area contributed by atoms with Gasteiger partial charge in [-0.15, -0.1) is 0 Å². The van der Waals surface area contributed by atoms with E-state index in [1.807, 2.05) is 0 Å². The van der Waals surface area contributed by atoms with Crippen molar-refractivity contribution in [1.29, 1.82) is 0 Å². The van der Waals surface area contributed by atoms with Gasteiger partial charge >= 0.3 is 0 Å². The van der Waals surface area contributed by atoms with Gasteiger partial charge in [0.1, 0.15) is 6.04 Å². The summed E-state index contributed by atoms with van der Waals surface area (Å²) in [6, 6.07) is 11.7. The second-order valence-electron chi connectivity index (χ2n) is 5.58. The van der Waals surface area contributed by atoms with Gasteiger partial charge in [0.15, 0.2) is 11.5 Å². The molecular formula is C18H19N3O4. The molecule has 1 atom stereocenters. The second kappa shape index (κ2) is 7.12. The SMILES string of the molecule is CNC(=O)c1cccc(N[C@H](C)C(=O)Nc2ccc3c(c2)OCO3)c1. The molecule has 0 fully saturated rings. The van der Waals surface area contributed by atoms with Crippen LogP contribution in [-0.4, -0.2) is 31.7 Å². The predicted octanol–water partition coefficient (Wildman–Crippen LogP) is 2.21. The van der Waals surface area contributed by atoms with Crippen molar-refractivity contribution in [2.45, 2.75) is 13.0 Å². The molecule has 7 nitrogen and oxygen atoms in total. The molecule has 0 aromatic heterocycles. The fraction of sp³-hybridized carbons (Fsp3) is 0.222. The molecule has 0 saturated carbocycles. The topological polar surface area (TPSA) is 88.7 Å². The maximum absolute atomic E-state index is 12.4. The van der Waals surface area contributed by atoms with Gasteiger partial charge < -0.3 is 25.4 Å². The van der Waals surface area contributed by atoms with E-state index in [9.17, 15) is 9.59 Å². The summed E-state index contributed by atoms with van der Waals surface area (Å²) in [5.41, 5.74) is 1.84. The van der Waals surface area contributed by atoms with Crippen LogP contribution in [-0.2, 0) is 4.79 Å². The minimum atomic E-state index is -0.495. The first-order valence-corrected chi connectivity index (χ1v) is 7.86. The zero-order valence-corrected chi connectivity index (χ0v) is 14.0. The van der Waals surface area contributed by atoms with Crippen molar-refractivity contribution >= 4 is 23.2 Å². The Bertz CT molecular complexity index is 807. The van der Waals surface area contributed by atoms with Crippen molar-refractivity contribution < 1.29 is 19.1 Å². The third kappa shape index (κ3) is 3.82. The second-order valence-corrected chi connectivity index (χ2v) is 5.58. The van der Waals surface area contributed by atoms with E-state index in [4.69, 9.17) is 9.47 Å². The lowest BCUT2D eigenvalue weighted by Gasteiger charge is -2.16. The molecule has 7 heteroatoms. The van der Waals surface area contributed by atoms with E-state index < -0.39 is 6.04 Å². The lowest BCUT2D eigenvalue weighted by atomic mass is 10.1. The van der Waals surface area contributed by atoms with Crippen LogP contribution in [0.4, 0.5) is 11.4 Å². The largest absolute Gasteiger partial charge is 0.454 e. The fourth-order valence-electron chi connectivity index (χ4n) is 2.43. The molecule has 2 aromatic rings. The Morgan fingerprint density at radius 2 is 1.84 bits per heavy atom. The number of carbonyl (C=O) groups excluding carboxylic acids is 2. The first-order chi connectivity index (χ1) is 12.1. The number of ether oxygens (including phenoxy) is 2. The van der Waals surface area contributed by atoms with Gasteiger partial charge in [0.2, 0.25) is 12.7 Å². The van der Waals surface area contributed by atoms with Gasteiger partial charge in [-0.05, 0) is 37.3 Å². The van der Waals surface area contributed by atoms with Crippen molar-refractivity contribution in [2.24, 2.45) is 0 Å². The molecular weight excluding hydrogens is 322 g/mol. The molecule has 0 aliphatic carbocycles. The predicted molar refractivity (Wildman–Crippen MR) is 94.1 cm³/mol. The van der Waals surface area contributed by atoms with Crippen molar-refractivity contribution in [3.63, 3.8) is 0 Å². The number of benzene rings is 2. The number of hydrogen-bond acceptors (Lipinski definition) is 5. The molecule has 0 unspecified atom stereocenters. The third-order valence-corrected chi connectivity index (χ3v) is 3.77. The number of anilines is 2. The van der Waals surface area contributed by atoms with E-state index in [1.54, 1.807) is 56.4 Å². The van der Waals surface area contributed by atoms with Crippen LogP contribution in [0.15, 0.2) is 42.5 Å². The Morgan fingerprint density at radius 3 is 2.64 bits per heavy atom. The monoisotopic (exact) mass is 341 g/mol. The van der Waals surface area contributed by atoms with Crippen LogP contribution in [0.3, 0.4) is 0 Å². The molecule has 0 bridgehead atoms. The Labute approximate surface area is 145 Å². The van der Waals surface area contributed by atoms with Crippen molar-refractivity contribution in [1.82, 2.24) is 5.32 Å². The number of amides is 2. The highest BCUT2D eigenvalue weighted by Gasteiger charge is 2.17. The van der Waals surface area contributed by atoms with Crippen LogP contribution < -0.4 is 25.4 Å². The third-order valence-electron chi connectivity index (χ3n) is 3.77. The normalized spacial score (nSPS) is 13.0. The minimum Gasteiger partial charge on any atom is -0.454 e. The maximum Gasteiger partial charge on any atom is 0.251 e. The van der Waals surface area contributed by atoms with Crippen LogP contribution in [0.2, 0.25) is 0 Å². The van der Waals surface area contributed by atoms with Crippen LogP contribution in [0.5, 0.6) is 11.5 Å². The average molecular weight is 341 g/mol. The van der Waals surface area contributed by atoms with E-state index in [-0.39, 0.29) is 18.6 Å². The van der Waals surface area contributed by atoms with Crippen LogP contribution in [0, 0.1) is 0 Å². The summed E-state index contributed by atoms with van der Waals surface area (Å²) in [5.74, 6) is 0.886. The number of carbonyl (C=O) groups is 2. The first kappa shape index (κ1) is 16.6. The highest BCUT2D eigenvalue weighted by atomic mass is 16.7. The van der Waals surface area contributed by atoms with Gasteiger partial charge in [0.05, 0.1) is 0 Å². The van der Waals surface area contributed by atoms with Crippen LogP contribution in [0.1, 0.15) is 17.3 Å². The molecule has 3 N–H and O–H groups in total. The Balaban J connectivity index is 1.64. The molecule has 1 aliphatic rings. The van der Waals surface area contributed by atoms with E-state index in [0.717, 1.165) is 0 Å². The first-order valence-electron chi connectivity index (χ1n) is 7.86. The molecule has 2 amide bonds. The molecule has 0 saturated heterocycles. The summed E-state index contributed by atoms with van der Waals surface area (Å²) in [6.45, 7) is 1.93. The van der Waals surface area contributed by atoms with Crippen LogP contribution in [0.25, 0.3) is 0 Å². The molecule has 0 radical (unpaired) electrons. The standard InChI is InChI=1S/C18H19N3O4/c1-11(20-13-5-3-4-12(8-13)18(23)19-2)17(22)21-14-6-7-15-16(9-14)25-10-24-15/h3-9,11,20H,10H2,1-2H3,(H,19,23)(H,21,22)/t11-/m1/s1. The van der Waals surface area contributed by atoms with Crippen molar-refractivity contribution in [3.8, 4) is 11.5 Å². The maximum atomic E-state index is 12.4. The summed E-state index contributed by atoms with van der Waals surface area (Å²) < 4.78 is 10.5. The molecule has 1 heterocycles. The fourth-order valence-corrected chi connectivity index (χ4v) is 2.43. The summed E-state index contributed by atoms with van der Waals surface area (Å²) >= 11 is 0. The Kier molecular flexibility index (Phi) is 4.74. The van der Waals surface area contributed by atoms with Gasteiger partial charge in [0.25, 0.3) is 5.91 Å². The lowest BCUT2D eigenvalue weighted by molar-refractivity contribution is -0.116. The molecule has 130 valence electrons. The zero-order chi connectivity index (χ0) is 17.8. The minimum absolute atomic E-state index is 0.180. The van der Waals surface area contributed by atoms with Crippen molar-refractivity contribution in [3.05, 3.63) is 48.0 Å². The van der Waals surface area contributed by atoms with Crippen LogP contribution >= 0.6 is 0 Å². The number of fused-ring (bicyclic) bond motifs is 1. The van der Waals surface area contributed by atoms with Gasteiger partial charge in [-0.1, -0.05) is 6.07 Å². The Morgan fingerprint density at radius 1 is 1.04 bits per heavy atom. The van der Waals surface area contributed by atoms with Gasteiger partial charge in [-0.3, -0.25) is 9.59 Å². The number of hydrogen-bond donors (Lipinski definition) is 3. The number of nitrogens with one attached hydrogen (secondary N) is 3. The summed E-state index contributed by atoms with van der Waals surface area (Å²) in [6.07, 6.45) is 0. The summed E-state index contributed by atoms with van der Waals surface area (Å²) in [4.78, 5) is 24.0. The van der Waals surface area contributed by atoms with Crippen molar-refractivity contribution in [2.75, 3.05) is 24.5 Å². The Hall–Kier alpha value is -3.22. The molecule has 1 aliphatic heterocycles. The van der Waals surface area contributed by atoms with E-state index in [1.165, 1.54) is 0 Å². The molecule has 0 spiro atoms. The van der Waals surface area contributed by atoms with Gasteiger partial charge in [-0.25, -0.2) is 0 Å². The van der Waals surface area contributed by atoms with E-state index in [2.05, 4.69) is 16.0 Å². The molecule has 25 heavy (non-hydrogen) atoms. The number of rotatable bonds is 5. The van der Waals surface area contributed by atoms with E-state index in [0.29, 0.717) is 28.4 Å². The summed E-state index contributed by atoms with van der Waals surface area (Å²) in [5, 5.41) is 8.48. The zero-order valence-electron chi connectivity index (χ0n) is 14.0. The lowest BCUT2D eigenvalue weighted by Crippen LogP contribution is -2.32. The quantitative estimate of drug-likeness (QED) is 0.776. The van der Waals surface area contributed by atoms with Gasteiger partial charge in [0, 0.05) is 30.1 Å². The summed E-state index contributed by atoms with van der Waals surface area (Å²) in [7, 11) is 1.57. The molecule has 3 rings (SSSR count). The highest BCUT2D eigenvalue weighted by Crippen LogP contribution is 2.34. The average Bonchev–Trinajstić information content (AvgIpc) is 3.09. The van der Waals surface area contributed by atoms with Gasteiger partial charge in [-0.2, -0.15) is 0 Å². The smallest absolute Gasteiger partial charge is 0.251 e.